The number of benzene rings is 3. The predicted molar refractivity (Wildman–Crippen MR) is 111 cm³/mol. The summed E-state index contributed by atoms with van der Waals surface area (Å²) in [6.07, 6.45) is 0.0604. The van der Waals surface area contributed by atoms with Gasteiger partial charge in [-0.1, -0.05) is 55.5 Å². The van der Waals surface area contributed by atoms with Gasteiger partial charge in [0.25, 0.3) is 5.91 Å². The zero-order valence-corrected chi connectivity index (χ0v) is 16.0. The van der Waals surface area contributed by atoms with Gasteiger partial charge >= 0.3 is 0 Å². The fourth-order valence-electron chi connectivity index (χ4n) is 3.11. The normalized spacial score (nSPS) is 11.7. The first-order chi connectivity index (χ1) is 13.0. The average Bonchev–Trinajstić information content (AvgIpc) is 2.66. The van der Waals surface area contributed by atoms with Crippen molar-refractivity contribution in [3.05, 3.63) is 83.9 Å². The second-order valence-electron chi connectivity index (χ2n) is 6.77. The largest absolute Gasteiger partial charge is 0.481 e. The molecule has 0 radical (unpaired) electrons. The molecule has 3 aromatic rings. The van der Waals surface area contributed by atoms with Gasteiger partial charge in [0.05, 0.1) is 0 Å². The van der Waals surface area contributed by atoms with Crippen molar-refractivity contribution in [2.75, 3.05) is 5.32 Å². The van der Waals surface area contributed by atoms with E-state index < -0.39 is 6.10 Å². The van der Waals surface area contributed by atoms with Gasteiger partial charge in [-0.3, -0.25) is 4.79 Å². The molecule has 1 unspecified atom stereocenters. The SMILES string of the molecule is CCC(Oc1ccc(-c2ccccc2)cc1)C(=O)Nc1cc(C)cc(C)c1. The van der Waals surface area contributed by atoms with Crippen molar-refractivity contribution in [3.63, 3.8) is 0 Å². The molecule has 3 aromatic carbocycles. The lowest BCUT2D eigenvalue weighted by Crippen LogP contribution is -2.32. The standard InChI is InChI=1S/C24H25NO2/c1-4-23(24(26)25-21-15-17(2)14-18(3)16-21)27-22-12-10-20(11-13-22)19-8-6-5-7-9-19/h5-16,23H,4H2,1-3H3,(H,25,26). The van der Waals surface area contributed by atoms with E-state index in [4.69, 9.17) is 4.74 Å². The molecule has 3 nitrogen and oxygen atoms in total. The Bertz CT molecular complexity index is 881. The van der Waals surface area contributed by atoms with Crippen LogP contribution < -0.4 is 10.1 Å². The minimum atomic E-state index is -0.534. The van der Waals surface area contributed by atoms with Crippen LogP contribution in [-0.4, -0.2) is 12.0 Å². The van der Waals surface area contributed by atoms with Crippen molar-refractivity contribution in [3.8, 4) is 16.9 Å². The molecule has 0 spiro atoms. The van der Waals surface area contributed by atoms with Crippen LogP contribution in [0.2, 0.25) is 0 Å². The van der Waals surface area contributed by atoms with Crippen LogP contribution in [0.1, 0.15) is 24.5 Å². The lowest BCUT2D eigenvalue weighted by molar-refractivity contribution is -0.122. The molecular formula is C24H25NO2. The van der Waals surface area contributed by atoms with E-state index in [1.54, 1.807) is 0 Å². The smallest absolute Gasteiger partial charge is 0.265 e. The molecule has 0 aromatic heterocycles. The molecular weight excluding hydrogens is 334 g/mol. The van der Waals surface area contributed by atoms with E-state index in [0.29, 0.717) is 12.2 Å². The molecule has 3 rings (SSSR count). The number of aryl methyl sites for hydroxylation is 2. The third kappa shape index (κ3) is 4.98. The Kier molecular flexibility index (Phi) is 5.92. The minimum Gasteiger partial charge on any atom is -0.481 e. The maximum atomic E-state index is 12.6. The first-order valence-electron chi connectivity index (χ1n) is 9.26. The van der Waals surface area contributed by atoms with Crippen molar-refractivity contribution in [1.29, 1.82) is 0 Å². The fourth-order valence-corrected chi connectivity index (χ4v) is 3.11. The Morgan fingerprint density at radius 3 is 2.07 bits per heavy atom. The Hall–Kier alpha value is -3.07. The molecule has 27 heavy (non-hydrogen) atoms. The van der Waals surface area contributed by atoms with Crippen molar-refractivity contribution in [1.82, 2.24) is 0 Å². The number of hydrogen-bond acceptors (Lipinski definition) is 2. The number of anilines is 1. The number of carbonyl (C=O) groups is 1. The zero-order valence-electron chi connectivity index (χ0n) is 16.0. The molecule has 3 heteroatoms. The van der Waals surface area contributed by atoms with Crippen LogP contribution in [0.5, 0.6) is 5.75 Å². The highest BCUT2D eigenvalue weighted by molar-refractivity contribution is 5.94. The Morgan fingerprint density at radius 2 is 1.48 bits per heavy atom. The molecule has 0 aliphatic rings. The molecule has 0 saturated heterocycles. The van der Waals surface area contributed by atoms with E-state index >= 15 is 0 Å². The molecule has 0 aliphatic heterocycles. The monoisotopic (exact) mass is 359 g/mol. The number of amides is 1. The van der Waals surface area contributed by atoms with Crippen LogP contribution in [-0.2, 0) is 4.79 Å². The van der Waals surface area contributed by atoms with Gasteiger partial charge < -0.3 is 10.1 Å². The number of rotatable bonds is 6. The van der Waals surface area contributed by atoms with Gasteiger partial charge in [-0.25, -0.2) is 0 Å². The van der Waals surface area contributed by atoms with E-state index in [2.05, 4.69) is 23.5 Å². The van der Waals surface area contributed by atoms with Gasteiger partial charge in [-0.15, -0.1) is 0 Å². The summed E-state index contributed by atoms with van der Waals surface area (Å²) in [4.78, 5) is 12.6. The predicted octanol–water partition coefficient (Wildman–Crippen LogP) is 5.77. The van der Waals surface area contributed by atoms with Crippen LogP contribution in [0.4, 0.5) is 5.69 Å². The summed E-state index contributed by atoms with van der Waals surface area (Å²) in [6, 6.07) is 24.0. The summed E-state index contributed by atoms with van der Waals surface area (Å²) in [5.74, 6) is 0.562. The Labute approximate surface area is 161 Å². The molecule has 0 fully saturated rings. The summed E-state index contributed by atoms with van der Waals surface area (Å²) >= 11 is 0. The van der Waals surface area contributed by atoms with Gasteiger partial charge in [0.15, 0.2) is 6.10 Å². The number of nitrogens with one attached hydrogen (secondary N) is 1. The lowest BCUT2D eigenvalue weighted by Gasteiger charge is -2.18. The molecule has 0 heterocycles. The van der Waals surface area contributed by atoms with Gasteiger partial charge in [0.2, 0.25) is 0 Å². The fraction of sp³-hybridized carbons (Fsp3) is 0.208. The highest BCUT2D eigenvalue weighted by atomic mass is 16.5. The third-order valence-electron chi connectivity index (χ3n) is 4.39. The highest BCUT2D eigenvalue weighted by Gasteiger charge is 2.18. The number of hydrogen-bond donors (Lipinski definition) is 1. The topological polar surface area (TPSA) is 38.3 Å². The minimum absolute atomic E-state index is 0.130. The average molecular weight is 359 g/mol. The van der Waals surface area contributed by atoms with Crippen LogP contribution in [0.3, 0.4) is 0 Å². The maximum Gasteiger partial charge on any atom is 0.265 e. The van der Waals surface area contributed by atoms with Crippen LogP contribution in [0, 0.1) is 13.8 Å². The lowest BCUT2D eigenvalue weighted by atomic mass is 10.1. The second kappa shape index (κ2) is 8.54. The van der Waals surface area contributed by atoms with Crippen molar-refractivity contribution in [2.45, 2.75) is 33.3 Å². The molecule has 138 valence electrons. The molecule has 1 N–H and O–H groups in total. The van der Waals surface area contributed by atoms with E-state index in [0.717, 1.165) is 27.9 Å². The van der Waals surface area contributed by atoms with Crippen molar-refractivity contribution < 1.29 is 9.53 Å². The Morgan fingerprint density at radius 1 is 0.889 bits per heavy atom. The van der Waals surface area contributed by atoms with Crippen molar-refractivity contribution in [2.24, 2.45) is 0 Å². The van der Waals surface area contributed by atoms with E-state index in [9.17, 15) is 4.79 Å². The highest BCUT2D eigenvalue weighted by Crippen LogP contribution is 2.23. The van der Waals surface area contributed by atoms with Crippen LogP contribution in [0.15, 0.2) is 72.8 Å². The molecule has 1 atom stereocenters. The van der Waals surface area contributed by atoms with Crippen LogP contribution >= 0.6 is 0 Å². The summed E-state index contributed by atoms with van der Waals surface area (Å²) < 4.78 is 5.94. The maximum absolute atomic E-state index is 12.6. The quantitative estimate of drug-likeness (QED) is 0.607. The summed E-state index contributed by atoms with van der Waals surface area (Å²) in [7, 11) is 0. The molecule has 0 saturated carbocycles. The third-order valence-corrected chi connectivity index (χ3v) is 4.39. The number of ether oxygens (including phenoxy) is 1. The van der Waals surface area contributed by atoms with E-state index in [-0.39, 0.29) is 5.91 Å². The second-order valence-corrected chi connectivity index (χ2v) is 6.77. The van der Waals surface area contributed by atoms with E-state index in [1.165, 1.54) is 0 Å². The first kappa shape index (κ1) is 18.7. The van der Waals surface area contributed by atoms with Crippen LogP contribution in [0.25, 0.3) is 11.1 Å². The summed E-state index contributed by atoms with van der Waals surface area (Å²) in [6.45, 7) is 5.99. The number of carbonyl (C=O) groups excluding carboxylic acids is 1. The summed E-state index contributed by atoms with van der Waals surface area (Å²) in [5, 5.41) is 2.97. The van der Waals surface area contributed by atoms with E-state index in [1.807, 2.05) is 75.4 Å². The summed E-state index contributed by atoms with van der Waals surface area (Å²) in [5.41, 5.74) is 5.32. The van der Waals surface area contributed by atoms with Gasteiger partial charge in [-0.2, -0.15) is 0 Å². The zero-order chi connectivity index (χ0) is 19.2. The molecule has 0 aliphatic carbocycles. The molecule has 0 bridgehead atoms. The van der Waals surface area contributed by atoms with Crippen molar-refractivity contribution >= 4 is 11.6 Å². The molecule has 1 amide bonds. The Balaban J connectivity index is 1.68. The van der Waals surface area contributed by atoms with Gasteiger partial charge in [0, 0.05) is 5.69 Å². The first-order valence-corrected chi connectivity index (χ1v) is 9.26. The van der Waals surface area contributed by atoms with Gasteiger partial charge in [-0.05, 0) is 66.8 Å². The van der Waals surface area contributed by atoms with Gasteiger partial charge in [0.1, 0.15) is 5.75 Å².